The van der Waals surface area contributed by atoms with Crippen molar-refractivity contribution in [1.82, 2.24) is 9.59 Å². The molecule has 0 spiro atoms. The Labute approximate surface area is 70.9 Å². The van der Waals surface area contributed by atoms with Crippen molar-refractivity contribution in [3.8, 4) is 0 Å². The number of ether oxygens (including phenoxy) is 1. The van der Waals surface area contributed by atoms with Crippen LogP contribution in [0.25, 0.3) is 0 Å². The van der Waals surface area contributed by atoms with Gasteiger partial charge in [-0.2, -0.15) is 0 Å². The lowest BCUT2D eigenvalue weighted by Crippen LogP contribution is -2.08. The molecular formula is C5H4N2O4S. The number of methoxy groups -OCH3 is 1. The number of carboxylic acid groups (broad SMARTS) is 1. The molecule has 1 aromatic rings. The Balaban J connectivity index is 3.07. The minimum absolute atomic E-state index is 0.207. The van der Waals surface area contributed by atoms with Gasteiger partial charge >= 0.3 is 11.9 Å². The number of hydrogen-bond donors (Lipinski definition) is 1. The molecule has 0 aliphatic rings. The maximum Gasteiger partial charge on any atom is 0.360 e. The first kappa shape index (κ1) is 8.60. The normalized spacial score (nSPS) is 9.42. The van der Waals surface area contributed by atoms with E-state index >= 15 is 0 Å². The van der Waals surface area contributed by atoms with E-state index in [1.54, 1.807) is 0 Å². The summed E-state index contributed by atoms with van der Waals surface area (Å²) in [4.78, 5) is 21.0. The van der Waals surface area contributed by atoms with E-state index in [-0.39, 0.29) is 10.6 Å². The number of rotatable bonds is 2. The zero-order valence-corrected chi connectivity index (χ0v) is 6.79. The number of carbonyl (C=O) groups excluding carboxylic acids is 1. The zero-order chi connectivity index (χ0) is 9.14. The third-order valence-corrected chi connectivity index (χ3v) is 1.77. The molecule has 1 rings (SSSR count). The Kier molecular flexibility index (Phi) is 2.34. The summed E-state index contributed by atoms with van der Waals surface area (Å²) in [6.07, 6.45) is 0. The lowest BCUT2D eigenvalue weighted by molar-refractivity contribution is 0.0578. The summed E-state index contributed by atoms with van der Waals surface area (Å²) in [6, 6.07) is 0. The second-order valence-electron chi connectivity index (χ2n) is 1.75. The van der Waals surface area contributed by atoms with E-state index in [1.165, 1.54) is 0 Å². The fraction of sp³-hybridized carbons (Fsp3) is 0.200. The molecule has 6 nitrogen and oxygen atoms in total. The summed E-state index contributed by atoms with van der Waals surface area (Å²) >= 11 is 0.640. The van der Waals surface area contributed by atoms with Gasteiger partial charge in [0, 0.05) is 0 Å². The van der Waals surface area contributed by atoms with Gasteiger partial charge in [0.2, 0.25) is 0 Å². The maximum atomic E-state index is 10.8. The van der Waals surface area contributed by atoms with Crippen LogP contribution in [0.5, 0.6) is 0 Å². The number of carbonyl (C=O) groups is 2. The largest absolute Gasteiger partial charge is 0.477 e. The number of esters is 1. The first-order chi connectivity index (χ1) is 5.66. The lowest BCUT2D eigenvalue weighted by atomic mass is 10.4. The van der Waals surface area contributed by atoms with Crippen LogP contribution in [0.1, 0.15) is 20.2 Å². The third kappa shape index (κ3) is 1.40. The van der Waals surface area contributed by atoms with E-state index in [1.807, 2.05) is 0 Å². The molecule has 1 aromatic heterocycles. The quantitative estimate of drug-likeness (QED) is 0.658. The molecule has 0 fully saturated rings. The molecule has 0 aliphatic carbocycles. The Hall–Kier alpha value is -1.50. The molecule has 0 radical (unpaired) electrons. The first-order valence-corrected chi connectivity index (χ1v) is 3.58. The molecule has 0 saturated heterocycles. The summed E-state index contributed by atoms with van der Waals surface area (Å²) in [6.45, 7) is 0. The Bertz CT molecular complexity index is 321. The van der Waals surface area contributed by atoms with Crippen molar-refractivity contribution >= 4 is 23.5 Å². The van der Waals surface area contributed by atoms with Crippen molar-refractivity contribution in [2.24, 2.45) is 0 Å². The highest BCUT2D eigenvalue weighted by molar-refractivity contribution is 7.08. The lowest BCUT2D eigenvalue weighted by Gasteiger charge is -1.92. The van der Waals surface area contributed by atoms with Gasteiger partial charge in [0.1, 0.15) is 0 Å². The number of hydrogen-bond acceptors (Lipinski definition) is 6. The molecule has 7 heteroatoms. The van der Waals surface area contributed by atoms with E-state index in [4.69, 9.17) is 5.11 Å². The Morgan fingerprint density at radius 1 is 1.58 bits per heavy atom. The molecule has 0 atom stereocenters. The second-order valence-corrected chi connectivity index (χ2v) is 2.50. The third-order valence-electron chi connectivity index (χ3n) is 1.06. The molecule has 1 N–H and O–H groups in total. The molecule has 12 heavy (non-hydrogen) atoms. The fourth-order valence-corrected chi connectivity index (χ4v) is 1.05. The highest BCUT2D eigenvalue weighted by Crippen LogP contribution is 2.10. The van der Waals surface area contributed by atoms with E-state index in [2.05, 4.69) is 14.3 Å². The molecule has 1 heterocycles. The van der Waals surface area contributed by atoms with Gasteiger partial charge in [-0.1, -0.05) is 4.49 Å². The first-order valence-electron chi connectivity index (χ1n) is 2.80. The minimum Gasteiger partial charge on any atom is -0.477 e. The van der Waals surface area contributed by atoms with Crippen molar-refractivity contribution in [3.05, 3.63) is 10.6 Å². The van der Waals surface area contributed by atoms with Gasteiger partial charge < -0.3 is 9.84 Å². The number of aromatic carboxylic acids is 1. The minimum atomic E-state index is -1.23. The summed E-state index contributed by atoms with van der Waals surface area (Å²) in [5, 5.41) is 11.8. The van der Waals surface area contributed by atoms with Crippen LogP contribution < -0.4 is 0 Å². The molecular weight excluding hydrogens is 184 g/mol. The number of aromatic nitrogens is 2. The van der Waals surface area contributed by atoms with Crippen molar-refractivity contribution in [2.75, 3.05) is 7.11 Å². The van der Waals surface area contributed by atoms with Gasteiger partial charge in [0.05, 0.1) is 7.11 Å². The van der Waals surface area contributed by atoms with Gasteiger partial charge in [-0.25, -0.2) is 9.59 Å². The standard InChI is InChI=1S/C5H4N2O4S/c1-11-5(10)2-3(4(8)9)12-7-6-2/h1H3,(H,8,9). The smallest absolute Gasteiger partial charge is 0.360 e. The van der Waals surface area contributed by atoms with E-state index in [9.17, 15) is 9.59 Å². The van der Waals surface area contributed by atoms with Crippen LogP contribution in [0, 0.1) is 0 Å². The van der Waals surface area contributed by atoms with Crippen LogP contribution in [-0.2, 0) is 4.74 Å². The number of nitrogens with zero attached hydrogens (tertiary/aromatic N) is 2. The average molecular weight is 188 g/mol. The van der Waals surface area contributed by atoms with Crippen LogP contribution in [0.15, 0.2) is 0 Å². The van der Waals surface area contributed by atoms with Gasteiger partial charge in [-0.3, -0.25) is 0 Å². The van der Waals surface area contributed by atoms with Gasteiger partial charge in [0.25, 0.3) is 0 Å². The van der Waals surface area contributed by atoms with Gasteiger partial charge in [-0.15, -0.1) is 5.10 Å². The summed E-state index contributed by atoms with van der Waals surface area (Å²) < 4.78 is 7.61. The number of carboxylic acids is 1. The average Bonchev–Trinajstić information content (AvgIpc) is 2.50. The molecule has 0 saturated carbocycles. The van der Waals surface area contributed by atoms with E-state index in [0.717, 1.165) is 7.11 Å². The predicted octanol–water partition coefficient (Wildman–Crippen LogP) is 0.0229. The zero-order valence-electron chi connectivity index (χ0n) is 5.97. The summed E-state index contributed by atoms with van der Waals surface area (Å²) in [5.41, 5.74) is -0.255. The predicted molar refractivity (Wildman–Crippen MR) is 38.2 cm³/mol. The van der Waals surface area contributed by atoms with Gasteiger partial charge in [-0.05, 0) is 11.5 Å². The fourth-order valence-electron chi connectivity index (χ4n) is 0.561. The second kappa shape index (κ2) is 3.26. The monoisotopic (exact) mass is 188 g/mol. The van der Waals surface area contributed by atoms with Crippen LogP contribution in [0.2, 0.25) is 0 Å². The van der Waals surface area contributed by atoms with E-state index in [0.29, 0.717) is 11.5 Å². The highest BCUT2D eigenvalue weighted by atomic mass is 32.1. The van der Waals surface area contributed by atoms with E-state index < -0.39 is 11.9 Å². The van der Waals surface area contributed by atoms with Crippen molar-refractivity contribution in [1.29, 1.82) is 0 Å². The highest BCUT2D eigenvalue weighted by Gasteiger charge is 2.21. The van der Waals surface area contributed by atoms with Crippen LogP contribution >= 0.6 is 11.5 Å². The van der Waals surface area contributed by atoms with Crippen molar-refractivity contribution < 1.29 is 19.4 Å². The summed E-state index contributed by atoms with van der Waals surface area (Å²) in [7, 11) is 1.15. The molecule has 0 unspecified atom stereocenters. The molecule has 0 aromatic carbocycles. The van der Waals surface area contributed by atoms with Crippen molar-refractivity contribution in [3.63, 3.8) is 0 Å². The maximum absolute atomic E-state index is 10.8. The van der Waals surface area contributed by atoms with Crippen LogP contribution in [0.3, 0.4) is 0 Å². The topological polar surface area (TPSA) is 89.4 Å². The van der Waals surface area contributed by atoms with Crippen LogP contribution in [-0.4, -0.2) is 33.7 Å². The van der Waals surface area contributed by atoms with Crippen LogP contribution in [0.4, 0.5) is 0 Å². The van der Waals surface area contributed by atoms with Gasteiger partial charge in [0.15, 0.2) is 10.6 Å². The molecule has 64 valence electrons. The SMILES string of the molecule is COC(=O)c1nnsc1C(=O)O. The molecule has 0 amide bonds. The van der Waals surface area contributed by atoms with Crippen molar-refractivity contribution in [2.45, 2.75) is 0 Å². The summed E-state index contributed by atoms with van der Waals surface area (Å²) in [5.74, 6) is -2.02. The Morgan fingerprint density at radius 3 is 2.75 bits per heavy atom. The molecule has 0 aliphatic heterocycles. The Morgan fingerprint density at radius 2 is 2.25 bits per heavy atom. The molecule has 0 bridgehead atoms.